The Balaban J connectivity index is 1.49. The van der Waals surface area contributed by atoms with Gasteiger partial charge in [-0.1, -0.05) is 23.7 Å². The second-order valence-electron chi connectivity index (χ2n) is 6.68. The summed E-state index contributed by atoms with van der Waals surface area (Å²) in [7, 11) is 0. The third-order valence-electron chi connectivity index (χ3n) is 4.78. The molecule has 0 aliphatic carbocycles. The van der Waals surface area contributed by atoms with E-state index in [4.69, 9.17) is 4.52 Å². The number of piperidine rings is 1. The van der Waals surface area contributed by atoms with Gasteiger partial charge in [0.05, 0.1) is 12.1 Å². The summed E-state index contributed by atoms with van der Waals surface area (Å²) in [5.74, 6) is 1.30. The number of likely N-dealkylation sites (tertiary alicyclic amines) is 1. The lowest BCUT2D eigenvalue weighted by Crippen LogP contribution is -2.32. The summed E-state index contributed by atoms with van der Waals surface area (Å²) < 4.78 is 7.27. The first kappa shape index (κ1) is 16.2. The number of hydrogen-bond donors (Lipinski definition) is 0. The molecule has 3 aromatic rings. The maximum absolute atomic E-state index is 5.27. The van der Waals surface area contributed by atoms with E-state index in [1.165, 1.54) is 32.4 Å². The lowest BCUT2D eigenvalue weighted by Gasteiger charge is -2.26. The quantitative estimate of drug-likeness (QED) is 0.687. The van der Waals surface area contributed by atoms with Gasteiger partial charge in [0.15, 0.2) is 0 Å². The van der Waals surface area contributed by atoms with E-state index in [1.807, 2.05) is 16.8 Å². The standard InChI is InChI=1S/C18H24N6O/c1-2-6-17-19-18(21-25-17)14-7-8-16-15(13-14)20-22-24(16)12-11-23-9-4-3-5-10-23/h7-8,13H,2-6,9-12H2,1H3. The minimum Gasteiger partial charge on any atom is -0.339 e. The number of aryl methyl sites for hydroxylation is 1. The summed E-state index contributed by atoms with van der Waals surface area (Å²) in [6, 6.07) is 6.06. The number of fused-ring (bicyclic) bond motifs is 1. The normalized spacial score (nSPS) is 15.9. The van der Waals surface area contributed by atoms with Gasteiger partial charge >= 0.3 is 0 Å². The lowest BCUT2D eigenvalue weighted by atomic mass is 10.1. The molecule has 1 aliphatic heterocycles. The molecule has 0 radical (unpaired) electrons. The van der Waals surface area contributed by atoms with Gasteiger partial charge in [0.2, 0.25) is 11.7 Å². The molecule has 0 unspecified atom stereocenters. The highest BCUT2D eigenvalue weighted by molar-refractivity contribution is 5.79. The van der Waals surface area contributed by atoms with Gasteiger partial charge in [-0.05, 0) is 50.6 Å². The van der Waals surface area contributed by atoms with E-state index in [0.717, 1.165) is 42.5 Å². The topological polar surface area (TPSA) is 72.9 Å². The Hall–Kier alpha value is -2.28. The van der Waals surface area contributed by atoms with Crippen molar-refractivity contribution in [3.63, 3.8) is 0 Å². The zero-order chi connectivity index (χ0) is 17.1. The number of aromatic nitrogens is 5. The SMILES string of the molecule is CCCc1nc(-c2ccc3c(c2)nnn3CCN2CCCCC2)no1. The molecule has 3 heterocycles. The van der Waals surface area contributed by atoms with Crippen molar-refractivity contribution in [3.05, 3.63) is 24.1 Å². The molecule has 0 atom stereocenters. The molecule has 1 fully saturated rings. The first-order chi connectivity index (χ1) is 12.3. The number of rotatable bonds is 6. The number of nitrogens with zero attached hydrogens (tertiary/aromatic N) is 6. The van der Waals surface area contributed by atoms with E-state index in [-0.39, 0.29) is 0 Å². The second kappa shape index (κ2) is 7.31. The van der Waals surface area contributed by atoms with Crippen molar-refractivity contribution in [1.29, 1.82) is 0 Å². The fourth-order valence-corrected chi connectivity index (χ4v) is 3.38. The van der Waals surface area contributed by atoms with Gasteiger partial charge in [0.1, 0.15) is 5.52 Å². The molecule has 7 nitrogen and oxygen atoms in total. The molecule has 132 valence electrons. The van der Waals surface area contributed by atoms with Crippen LogP contribution in [-0.4, -0.2) is 49.7 Å². The van der Waals surface area contributed by atoms with Crippen molar-refractivity contribution in [2.24, 2.45) is 0 Å². The van der Waals surface area contributed by atoms with E-state index in [9.17, 15) is 0 Å². The van der Waals surface area contributed by atoms with E-state index in [0.29, 0.717) is 11.7 Å². The van der Waals surface area contributed by atoms with Crippen LogP contribution in [0.15, 0.2) is 22.7 Å². The van der Waals surface area contributed by atoms with Gasteiger partial charge in [-0.25, -0.2) is 4.68 Å². The predicted octanol–water partition coefficient (Wildman–Crippen LogP) is 2.92. The summed E-state index contributed by atoms with van der Waals surface area (Å²) in [4.78, 5) is 6.96. The van der Waals surface area contributed by atoms with Crippen LogP contribution in [0.25, 0.3) is 22.4 Å². The lowest BCUT2D eigenvalue weighted by molar-refractivity contribution is 0.218. The third kappa shape index (κ3) is 3.56. The molecule has 25 heavy (non-hydrogen) atoms. The van der Waals surface area contributed by atoms with Crippen LogP contribution in [0.5, 0.6) is 0 Å². The fraction of sp³-hybridized carbons (Fsp3) is 0.556. The number of hydrogen-bond acceptors (Lipinski definition) is 6. The highest BCUT2D eigenvalue weighted by Crippen LogP contribution is 2.21. The van der Waals surface area contributed by atoms with Gasteiger partial charge < -0.3 is 9.42 Å². The Morgan fingerprint density at radius 2 is 2.00 bits per heavy atom. The first-order valence-electron chi connectivity index (χ1n) is 9.22. The molecular weight excluding hydrogens is 316 g/mol. The van der Waals surface area contributed by atoms with Crippen LogP contribution < -0.4 is 0 Å². The van der Waals surface area contributed by atoms with Crippen LogP contribution in [0, 0.1) is 0 Å². The van der Waals surface area contributed by atoms with Crippen LogP contribution in [0.2, 0.25) is 0 Å². The molecule has 0 amide bonds. The Labute approximate surface area is 147 Å². The molecule has 4 rings (SSSR count). The Morgan fingerprint density at radius 1 is 1.12 bits per heavy atom. The van der Waals surface area contributed by atoms with E-state index < -0.39 is 0 Å². The average Bonchev–Trinajstić information content (AvgIpc) is 3.28. The molecule has 1 aromatic carbocycles. The van der Waals surface area contributed by atoms with Crippen LogP contribution in [0.3, 0.4) is 0 Å². The van der Waals surface area contributed by atoms with Gasteiger partial charge in [-0.3, -0.25) is 0 Å². The monoisotopic (exact) mass is 340 g/mol. The Kier molecular flexibility index (Phi) is 4.74. The number of benzene rings is 1. The predicted molar refractivity (Wildman–Crippen MR) is 95.1 cm³/mol. The minimum absolute atomic E-state index is 0.619. The molecule has 0 bridgehead atoms. The van der Waals surface area contributed by atoms with Crippen molar-refractivity contribution in [1.82, 2.24) is 30.0 Å². The van der Waals surface area contributed by atoms with Crippen molar-refractivity contribution in [3.8, 4) is 11.4 Å². The van der Waals surface area contributed by atoms with Crippen LogP contribution in [0.1, 0.15) is 38.5 Å². The van der Waals surface area contributed by atoms with Gasteiger partial charge in [0, 0.05) is 18.5 Å². The molecule has 0 saturated carbocycles. The van der Waals surface area contributed by atoms with E-state index in [1.54, 1.807) is 0 Å². The molecule has 0 N–H and O–H groups in total. The summed E-state index contributed by atoms with van der Waals surface area (Å²) in [6.07, 6.45) is 5.79. The zero-order valence-electron chi connectivity index (χ0n) is 14.7. The van der Waals surface area contributed by atoms with Crippen molar-refractivity contribution in [2.75, 3.05) is 19.6 Å². The van der Waals surface area contributed by atoms with Gasteiger partial charge in [-0.2, -0.15) is 4.98 Å². The Bertz CT molecular complexity index is 833. The third-order valence-corrected chi connectivity index (χ3v) is 4.78. The van der Waals surface area contributed by atoms with E-state index in [2.05, 4.69) is 38.3 Å². The summed E-state index contributed by atoms with van der Waals surface area (Å²) in [5, 5.41) is 12.7. The van der Waals surface area contributed by atoms with Gasteiger partial charge in [-0.15, -0.1) is 5.10 Å². The van der Waals surface area contributed by atoms with Crippen LogP contribution in [-0.2, 0) is 13.0 Å². The van der Waals surface area contributed by atoms with Crippen LogP contribution in [0.4, 0.5) is 0 Å². The van der Waals surface area contributed by atoms with Crippen molar-refractivity contribution < 1.29 is 4.52 Å². The Morgan fingerprint density at radius 3 is 2.84 bits per heavy atom. The van der Waals surface area contributed by atoms with Crippen molar-refractivity contribution in [2.45, 2.75) is 45.6 Å². The van der Waals surface area contributed by atoms with E-state index >= 15 is 0 Å². The maximum Gasteiger partial charge on any atom is 0.226 e. The highest BCUT2D eigenvalue weighted by atomic mass is 16.5. The average molecular weight is 340 g/mol. The van der Waals surface area contributed by atoms with Crippen molar-refractivity contribution >= 4 is 11.0 Å². The summed E-state index contributed by atoms with van der Waals surface area (Å²) in [5.41, 5.74) is 2.85. The molecule has 0 spiro atoms. The molecule has 1 saturated heterocycles. The smallest absolute Gasteiger partial charge is 0.226 e. The molecular formula is C18H24N6O. The summed E-state index contributed by atoms with van der Waals surface area (Å²) in [6.45, 7) is 6.41. The van der Waals surface area contributed by atoms with Gasteiger partial charge in [0.25, 0.3) is 0 Å². The largest absolute Gasteiger partial charge is 0.339 e. The maximum atomic E-state index is 5.27. The summed E-state index contributed by atoms with van der Waals surface area (Å²) >= 11 is 0. The zero-order valence-corrected chi connectivity index (χ0v) is 14.7. The molecule has 1 aliphatic rings. The van der Waals surface area contributed by atoms with Crippen LogP contribution >= 0.6 is 0 Å². The second-order valence-corrected chi connectivity index (χ2v) is 6.68. The molecule has 2 aromatic heterocycles. The highest BCUT2D eigenvalue weighted by Gasteiger charge is 2.13. The minimum atomic E-state index is 0.619. The fourth-order valence-electron chi connectivity index (χ4n) is 3.38. The molecule has 7 heteroatoms. The first-order valence-corrected chi connectivity index (χ1v) is 9.22.